The zero-order valence-corrected chi connectivity index (χ0v) is 19.6. The summed E-state index contributed by atoms with van der Waals surface area (Å²) in [6, 6.07) is 12.6. The molecule has 0 saturated carbocycles. The van der Waals surface area contributed by atoms with Gasteiger partial charge in [0.1, 0.15) is 6.04 Å². The van der Waals surface area contributed by atoms with Crippen molar-refractivity contribution in [2.45, 2.75) is 82.1 Å². The van der Waals surface area contributed by atoms with E-state index in [1.807, 2.05) is 12.1 Å². The Balaban J connectivity index is 1.81. The van der Waals surface area contributed by atoms with Gasteiger partial charge in [-0.3, -0.25) is 4.55 Å². The Labute approximate surface area is 191 Å². The lowest BCUT2D eigenvalue weighted by Crippen LogP contribution is -2.31. The molecule has 2 rings (SSSR count). The quantitative estimate of drug-likeness (QED) is 0.231. The van der Waals surface area contributed by atoms with Gasteiger partial charge in [-0.15, -0.1) is 0 Å². The molecule has 0 saturated heterocycles. The number of nitrogens with one attached hydrogen (secondary N) is 1. The Hall–Kier alpha value is -2.38. The lowest BCUT2D eigenvalue weighted by Gasteiger charge is -2.16. The molecule has 0 fully saturated rings. The molecular formula is C25H35NO5S. The Morgan fingerprint density at radius 2 is 1.38 bits per heavy atom. The number of rotatable bonds is 15. The summed E-state index contributed by atoms with van der Waals surface area (Å²) >= 11 is 0. The van der Waals surface area contributed by atoms with Crippen molar-refractivity contribution in [2.24, 2.45) is 0 Å². The molecule has 0 spiro atoms. The van der Waals surface area contributed by atoms with Crippen LogP contribution in [-0.4, -0.2) is 30.1 Å². The zero-order valence-electron chi connectivity index (χ0n) is 18.8. The summed E-state index contributed by atoms with van der Waals surface area (Å²) < 4.78 is 31.3. The van der Waals surface area contributed by atoms with Crippen LogP contribution < -0.4 is 5.32 Å². The molecule has 6 nitrogen and oxygen atoms in total. The number of unbranched alkanes of at least 4 members (excludes halogenated alkanes) is 7. The number of aryl methyl sites for hydroxylation is 1. The first-order valence-electron chi connectivity index (χ1n) is 11.4. The maximum absolute atomic E-state index is 11.7. The van der Waals surface area contributed by atoms with Crippen LogP contribution in [-0.2, 0) is 27.8 Å². The molecule has 32 heavy (non-hydrogen) atoms. The molecule has 0 aliphatic heterocycles. The van der Waals surface area contributed by atoms with E-state index in [1.54, 1.807) is 0 Å². The van der Waals surface area contributed by atoms with Gasteiger partial charge in [-0.2, -0.15) is 8.42 Å². The van der Waals surface area contributed by atoms with E-state index >= 15 is 0 Å². The second-order valence-corrected chi connectivity index (χ2v) is 9.70. The van der Waals surface area contributed by atoms with Gasteiger partial charge in [-0.05, 0) is 48.2 Å². The van der Waals surface area contributed by atoms with Crippen molar-refractivity contribution in [3.05, 3.63) is 59.7 Å². The van der Waals surface area contributed by atoms with E-state index in [1.165, 1.54) is 81.2 Å². The summed E-state index contributed by atoms with van der Waals surface area (Å²) in [5.74, 6) is -0.994. The molecule has 0 aromatic heterocycles. The van der Waals surface area contributed by atoms with Gasteiger partial charge in [-0.25, -0.2) is 4.79 Å². The van der Waals surface area contributed by atoms with Gasteiger partial charge in [0.05, 0.1) is 4.90 Å². The summed E-state index contributed by atoms with van der Waals surface area (Å²) in [5, 5.41) is 12.5. The molecule has 1 atom stereocenters. The molecule has 0 radical (unpaired) electrons. The van der Waals surface area contributed by atoms with Crippen LogP contribution in [0.3, 0.4) is 0 Å². The van der Waals surface area contributed by atoms with Gasteiger partial charge in [0.25, 0.3) is 10.1 Å². The zero-order chi connectivity index (χ0) is 23.4. The van der Waals surface area contributed by atoms with Crippen LogP contribution in [0.4, 0.5) is 5.69 Å². The SMILES string of the molecule is CCCCCCCCCCc1ccc(C[C@H](Nc2ccc(S(=O)(=O)O)cc2)C(=O)O)cc1. The van der Waals surface area contributed by atoms with Gasteiger partial charge in [0, 0.05) is 12.1 Å². The van der Waals surface area contributed by atoms with Crippen molar-refractivity contribution >= 4 is 21.8 Å². The highest BCUT2D eigenvalue weighted by atomic mass is 32.2. The Kier molecular flexibility index (Phi) is 10.7. The molecule has 2 aromatic rings. The van der Waals surface area contributed by atoms with E-state index in [4.69, 9.17) is 4.55 Å². The Bertz CT molecular complexity index is 924. The highest BCUT2D eigenvalue weighted by Crippen LogP contribution is 2.17. The molecule has 0 unspecified atom stereocenters. The van der Waals surface area contributed by atoms with Crippen LogP contribution in [0.5, 0.6) is 0 Å². The molecule has 3 N–H and O–H groups in total. The largest absolute Gasteiger partial charge is 0.480 e. The summed E-state index contributed by atoms with van der Waals surface area (Å²) in [4.78, 5) is 11.5. The fourth-order valence-electron chi connectivity index (χ4n) is 3.67. The predicted molar refractivity (Wildman–Crippen MR) is 128 cm³/mol. The van der Waals surface area contributed by atoms with E-state index < -0.39 is 22.1 Å². The van der Waals surface area contributed by atoms with Crippen molar-refractivity contribution in [3.8, 4) is 0 Å². The monoisotopic (exact) mass is 461 g/mol. The highest BCUT2D eigenvalue weighted by Gasteiger charge is 2.18. The number of benzene rings is 2. The highest BCUT2D eigenvalue weighted by molar-refractivity contribution is 7.85. The number of aliphatic carboxylic acids is 1. The maximum atomic E-state index is 11.7. The standard InChI is InChI=1S/C25H35NO5S/c1-2-3-4-5-6-7-8-9-10-20-11-13-21(14-12-20)19-24(25(27)28)26-22-15-17-23(18-16-22)32(29,30)31/h11-18,24,26H,2-10,19H2,1H3,(H,27,28)(H,29,30,31)/t24-/m0/s1. The topological polar surface area (TPSA) is 104 Å². The van der Waals surface area contributed by atoms with Crippen LogP contribution in [0.15, 0.2) is 53.4 Å². The van der Waals surface area contributed by atoms with Crippen LogP contribution in [0.25, 0.3) is 0 Å². The van der Waals surface area contributed by atoms with E-state index in [0.29, 0.717) is 12.1 Å². The van der Waals surface area contributed by atoms with Crippen molar-refractivity contribution in [2.75, 3.05) is 5.32 Å². The smallest absolute Gasteiger partial charge is 0.326 e. The molecule has 2 aromatic carbocycles. The van der Waals surface area contributed by atoms with E-state index in [9.17, 15) is 18.3 Å². The average Bonchev–Trinajstić information content (AvgIpc) is 2.76. The van der Waals surface area contributed by atoms with E-state index in [-0.39, 0.29) is 4.90 Å². The summed E-state index contributed by atoms with van der Waals surface area (Å²) in [6.45, 7) is 2.23. The molecule has 0 heterocycles. The molecule has 0 amide bonds. The molecule has 0 aliphatic carbocycles. The minimum Gasteiger partial charge on any atom is -0.480 e. The second kappa shape index (κ2) is 13.2. The van der Waals surface area contributed by atoms with Gasteiger partial charge in [-0.1, -0.05) is 76.1 Å². The van der Waals surface area contributed by atoms with Crippen LogP contribution in [0, 0.1) is 0 Å². The predicted octanol–water partition coefficient (Wildman–Crippen LogP) is 5.72. The molecule has 176 valence electrons. The van der Waals surface area contributed by atoms with Gasteiger partial charge in [0.15, 0.2) is 0 Å². The fourth-order valence-corrected chi connectivity index (χ4v) is 4.15. The van der Waals surface area contributed by atoms with Crippen molar-refractivity contribution in [3.63, 3.8) is 0 Å². The lowest BCUT2D eigenvalue weighted by atomic mass is 10.0. The maximum Gasteiger partial charge on any atom is 0.326 e. The number of carboxylic acids is 1. The third-order valence-corrected chi connectivity index (χ3v) is 6.44. The third-order valence-electron chi connectivity index (χ3n) is 5.57. The first-order valence-corrected chi connectivity index (χ1v) is 12.9. The number of carbonyl (C=O) groups is 1. The normalized spacial score (nSPS) is 12.4. The first kappa shape index (κ1) is 25.9. The average molecular weight is 462 g/mol. The first-order chi connectivity index (χ1) is 15.3. The van der Waals surface area contributed by atoms with Gasteiger partial charge in [0.2, 0.25) is 0 Å². The van der Waals surface area contributed by atoms with Crippen molar-refractivity contribution in [1.82, 2.24) is 0 Å². The third kappa shape index (κ3) is 9.40. The van der Waals surface area contributed by atoms with Crippen LogP contribution in [0.2, 0.25) is 0 Å². The van der Waals surface area contributed by atoms with Gasteiger partial charge < -0.3 is 10.4 Å². The molecular weight excluding hydrogens is 426 g/mol. The fraction of sp³-hybridized carbons (Fsp3) is 0.480. The minimum atomic E-state index is -4.28. The lowest BCUT2D eigenvalue weighted by molar-refractivity contribution is -0.137. The van der Waals surface area contributed by atoms with E-state index in [2.05, 4.69) is 24.4 Å². The molecule has 0 bridgehead atoms. The number of hydrogen-bond donors (Lipinski definition) is 3. The molecule has 0 aliphatic rings. The minimum absolute atomic E-state index is 0.234. The number of anilines is 1. The van der Waals surface area contributed by atoms with Crippen LogP contribution in [0.1, 0.15) is 69.4 Å². The van der Waals surface area contributed by atoms with E-state index in [0.717, 1.165) is 12.0 Å². The van der Waals surface area contributed by atoms with Gasteiger partial charge >= 0.3 is 5.97 Å². The molecule has 7 heteroatoms. The second-order valence-electron chi connectivity index (χ2n) is 8.28. The number of carboxylic acid groups (broad SMARTS) is 1. The Morgan fingerprint density at radius 1 is 0.844 bits per heavy atom. The number of hydrogen-bond acceptors (Lipinski definition) is 4. The summed E-state index contributed by atoms with van der Waals surface area (Å²) in [5.41, 5.74) is 2.65. The summed E-state index contributed by atoms with van der Waals surface area (Å²) in [6.07, 6.45) is 11.7. The van der Waals surface area contributed by atoms with Crippen molar-refractivity contribution in [1.29, 1.82) is 0 Å². The van der Waals surface area contributed by atoms with Crippen LogP contribution >= 0.6 is 0 Å². The summed E-state index contributed by atoms with van der Waals surface area (Å²) in [7, 11) is -4.28. The Morgan fingerprint density at radius 3 is 1.91 bits per heavy atom. The van der Waals surface area contributed by atoms with Crippen molar-refractivity contribution < 1.29 is 22.9 Å².